The Balaban J connectivity index is 1.56. The first kappa shape index (κ1) is 15.6. The van der Waals surface area contributed by atoms with Gasteiger partial charge in [0.2, 0.25) is 0 Å². The summed E-state index contributed by atoms with van der Waals surface area (Å²) in [6, 6.07) is 18.1. The molecule has 25 heavy (non-hydrogen) atoms. The molecule has 4 rings (SSSR count). The fourth-order valence-electron chi connectivity index (χ4n) is 2.89. The van der Waals surface area contributed by atoms with E-state index in [4.69, 9.17) is 4.74 Å². The van der Waals surface area contributed by atoms with Crippen LogP contribution in [0.2, 0.25) is 0 Å². The number of rotatable bonds is 3. The number of ether oxygens (including phenoxy) is 1. The molecule has 0 aliphatic carbocycles. The van der Waals surface area contributed by atoms with Crippen molar-refractivity contribution in [2.45, 2.75) is 6.04 Å². The molecule has 4 nitrogen and oxygen atoms in total. The molecule has 1 N–H and O–H groups in total. The van der Waals surface area contributed by atoms with Crippen molar-refractivity contribution in [1.29, 1.82) is 0 Å². The maximum atomic E-state index is 12.7. The maximum absolute atomic E-state index is 12.7. The Morgan fingerprint density at radius 1 is 1.00 bits per heavy atom. The molecule has 0 spiro atoms. The number of carbonyl (C=O) groups excluding carboxylic acids is 2. The Hall–Kier alpha value is -2.92. The molecule has 124 valence electrons. The molecule has 0 saturated carbocycles. The van der Waals surface area contributed by atoms with Gasteiger partial charge in [0.25, 0.3) is 5.91 Å². The first-order valence-corrected chi connectivity index (χ1v) is 8.82. The number of carbonyl (C=O) groups is 2. The van der Waals surface area contributed by atoms with Crippen molar-refractivity contribution in [3.8, 4) is 16.9 Å². The summed E-state index contributed by atoms with van der Waals surface area (Å²) in [4.78, 5) is 25.9. The van der Waals surface area contributed by atoms with Gasteiger partial charge in [0.1, 0.15) is 18.4 Å². The molecule has 1 amide bonds. The quantitative estimate of drug-likeness (QED) is 0.783. The standard InChI is InChI=1S/C20H15NO3S/c22-18-15-8-4-5-9-17(15)24-12-16(18)21-20(23)19-14(10-11-25-19)13-6-2-1-3-7-13/h1-11,16H,12H2,(H,21,23)/t16-/m0/s1. The third-order valence-electron chi connectivity index (χ3n) is 4.14. The highest BCUT2D eigenvalue weighted by molar-refractivity contribution is 7.12. The molecule has 0 radical (unpaired) electrons. The number of hydrogen-bond acceptors (Lipinski definition) is 4. The Kier molecular flexibility index (Phi) is 4.07. The van der Waals surface area contributed by atoms with Gasteiger partial charge in [-0.3, -0.25) is 9.59 Å². The van der Waals surface area contributed by atoms with Gasteiger partial charge >= 0.3 is 0 Å². The molecule has 1 aromatic heterocycles. The zero-order chi connectivity index (χ0) is 17.2. The first-order chi connectivity index (χ1) is 12.2. The molecule has 0 bridgehead atoms. The second-order valence-corrected chi connectivity index (χ2v) is 6.64. The Morgan fingerprint density at radius 3 is 2.60 bits per heavy atom. The number of ketones is 1. The summed E-state index contributed by atoms with van der Waals surface area (Å²) >= 11 is 1.36. The van der Waals surface area contributed by atoms with Crippen molar-refractivity contribution in [3.05, 3.63) is 76.5 Å². The lowest BCUT2D eigenvalue weighted by atomic mass is 10.0. The van der Waals surface area contributed by atoms with Crippen LogP contribution in [0.3, 0.4) is 0 Å². The highest BCUT2D eigenvalue weighted by atomic mass is 32.1. The average Bonchev–Trinajstić information content (AvgIpc) is 3.15. The minimum absolute atomic E-state index is 0.118. The van der Waals surface area contributed by atoms with Crippen LogP contribution < -0.4 is 10.1 Å². The highest BCUT2D eigenvalue weighted by Crippen LogP contribution is 2.29. The molecule has 1 atom stereocenters. The summed E-state index contributed by atoms with van der Waals surface area (Å²) in [6.45, 7) is 0.146. The number of Topliss-reactive ketones (excluding diaryl/α,β-unsaturated/α-hetero) is 1. The third-order valence-corrected chi connectivity index (χ3v) is 5.05. The van der Waals surface area contributed by atoms with Gasteiger partial charge in [-0.2, -0.15) is 0 Å². The van der Waals surface area contributed by atoms with E-state index >= 15 is 0 Å². The van der Waals surface area contributed by atoms with Crippen molar-refractivity contribution < 1.29 is 14.3 Å². The minimum atomic E-state index is -0.673. The number of para-hydroxylation sites is 1. The summed E-state index contributed by atoms with van der Waals surface area (Å²) in [5, 5.41) is 4.70. The normalized spacial score (nSPS) is 16.0. The summed E-state index contributed by atoms with van der Waals surface area (Å²) < 4.78 is 5.61. The van der Waals surface area contributed by atoms with Crippen molar-refractivity contribution in [3.63, 3.8) is 0 Å². The zero-order valence-electron chi connectivity index (χ0n) is 13.3. The first-order valence-electron chi connectivity index (χ1n) is 7.94. The maximum Gasteiger partial charge on any atom is 0.262 e. The van der Waals surface area contributed by atoms with Gasteiger partial charge in [-0.05, 0) is 29.1 Å². The van der Waals surface area contributed by atoms with Crippen LogP contribution in [0.5, 0.6) is 5.75 Å². The number of benzene rings is 2. The Labute approximate surface area is 149 Å². The molecule has 0 fully saturated rings. The highest BCUT2D eigenvalue weighted by Gasteiger charge is 2.30. The van der Waals surface area contributed by atoms with E-state index in [0.29, 0.717) is 16.2 Å². The van der Waals surface area contributed by atoms with Crippen molar-refractivity contribution >= 4 is 23.0 Å². The summed E-state index contributed by atoms with van der Waals surface area (Å²) in [7, 11) is 0. The van der Waals surface area contributed by atoms with E-state index in [2.05, 4.69) is 5.32 Å². The van der Waals surface area contributed by atoms with Crippen LogP contribution in [0.25, 0.3) is 11.1 Å². The van der Waals surface area contributed by atoms with Crippen molar-refractivity contribution in [2.75, 3.05) is 6.61 Å². The predicted molar refractivity (Wildman–Crippen MR) is 97.3 cm³/mol. The summed E-state index contributed by atoms with van der Waals surface area (Å²) in [5.41, 5.74) is 2.35. The van der Waals surface area contributed by atoms with Gasteiger partial charge in [-0.25, -0.2) is 0 Å². The average molecular weight is 349 g/mol. The zero-order valence-corrected chi connectivity index (χ0v) is 14.1. The summed E-state index contributed by atoms with van der Waals surface area (Å²) in [5.74, 6) is 0.197. The van der Waals surface area contributed by atoms with E-state index in [9.17, 15) is 9.59 Å². The largest absolute Gasteiger partial charge is 0.490 e. The van der Waals surface area contributed by atoms with Crippen LogP contribution >= 0.6 is 11.3 Å². The van der Waals surface area contributed by atoms with Crippen LogP contribution in [0.15, 0.2) is 66.0 Å². The smallest absolute Gasteiger partial charge is 0.262 e. The van der Waals surface area contributed by atoms with E-state index in [0.717, 1.165) is 11.1 Å². The fourth-order valence-corrected chi connectivity index (χ4v) is 3.71. The van der Waals surface area contributed by atoms with E-state index in [1.807, 2.05) is 47.8 Å². The topological polar surface area (TPSA) is 55.4 Å². The van der Waals surface area contributed by atoms with Gasteiger partial charge in [0.05, 0.1) is 10.4 Å². The molecule has 1 aliphatic heterocycles. The van der Waals surface area contributed by atoms with Crippen LogP contribution in [-0.4, -0.2) is 24.3 Å². The second-order valence-electron chi connectivity index (χ2n) is 5.73. The van der Waals surface area contributed by atoms with Gasteiger partial charge in [-0.1, -0.05) is 42.5 Å². The SMILES string of the molecule is O=C(N[C@H]1COc2ccccc2C1=O)c1sccc1-c1ccccc1. The minimum Gasteiger partial charge on any atom is -0.490 e. The van der Waals surface area contributed by atoms with E-state index in [-0.39, 0.29) is 18.3 Å². The molecule has 0 saturated heterocycles. The van der Waals surface area contributed by atoms with Gasteiger partial charge < -0.3 is 10.1 Å². The van der Waals surface area contributed by atoms with Gasteiger partial charge in [0.15, 0.2) is 5.78 Å². The molecule has 2 aromatic carbocycles. The van der Waals surface area contributed by atoms with E-state index in [1.165, 1.54) is 11.3 Å². The van der Waals surface area contributed by atoms with E-state index < -0.39 is 6.04 Å². The Morgan fingerprint density at radius 2 is 1.76 bits per heavy atom. The Bertz CT molecular complexity index is 933. The summed E-state index contributed by atoms with van der Waals surface area (Å²) in [6.07, 6.45) is 0. The van der Waals surface area contributed by atoms with Crippen LogP contribution in [0, 0.1) is 0 Å². The van der Waals surface area contributed by atoms with Crippen LogP contribution in [0.4, 0.5) is 0 Å². The molecular formula is C20H15NO3S. The number of nitrogens with one attached hydrogen (secondary N) is 1. The molecule has 5 heteroatoms. The van der Waals surface area contributed by atoms with Crippen LogP contribution in [0.1, 0.15) is 20.0 Å². The number of amides is 1. The third kappa shape index (κ3) is 2.94. The molecular weight excluding hydrogens is 334 g/mol. The predicted octanol–water partition coefficient (Wildman–Crippen LogP) is 3.79. The molecule has 1 aliphatic rings. The second kappa shape index (κ2) is 6.53. The number of fused-ring (bicyclic) bond motifs is 1. The van der Waals surface area contributed by atoms with Gasteiger partial charge in [0, 0.05) is 5.56 Å². The molecule has 0 unspecified atom stereocenters. The van der Waals surface area contributed by atoms with E-state index in [1.54, 1.807) is 18.2 Å². The monoisotopic (exact) mass is 349 g/mol. The molecule has 3 aromatic rings. The van der Waals surface area contributed by atoms with Gasteiger partial charge in [-0.15, -0.1) is 11.3 Å². The lowest BCUT2D eigenvalue weighted by molar-refractivity contribution is 0.0797. The van der Waals surface area contributed by atoms with Crippen molar-refractivity contribution in [1.82, 2.24) is 5.32 Å². The number of thiophene rings is 1. The lowest BCUT2D eigenvalue weighted by Crippen LogP contribution is -2.47. The van der Waals surface area contributed by atoms with Crippen LogP contribution in [-0.2, 0) is 0 Å². The lowest BCUT2D eigenvalue weighted by Gasteiger charge is -2.24. The number of hydrogen-bond donors (Lipinski definition) is 1. The fraction of sp³-hybridized carbons (Fsp3) is 0.100. The van der Waals surface area contributed by atoms with Crippen molar-refractivity contribution in [2.24, 2.45) is 0 Å². The molecule has 2 heterocycles.